The van der Waals surface area contributed by atoms with Gasteiger partial charge in [0.25, 0.3) is 0 Å². The molecule has 7 nitrogen and oxygen atoms in total. The van der Waals surface area contributed by atoms with E-state index in [2.05, 4.69) is 39.2 Å². The van der Waals surface area contributed by atoms with Crippen molar-refractivity contribution in [1.29, 1.82) is 0 Å². The van der Waals surface area contributed by atoms with Crippen LogP contribution in [0.15, 0.2) is 12.1 Å². The van der Waals surface area contributed by atoms with E-state index in [1.165, 1.54) is 7.11 Å². The predicted octanol–water partition coefficient (Wildman–Crippen LogP) is 3.41. The first kappa shape index (κ1) is 24.2. The number of ether oxygens (including phenoxy) is 3. The number of carbonyl (C=O) groups is 2. The molecule has 0 fully saturated rings. The van der Waals surface area contributed by atoms with Gasteiger partial charge in [-0.15, -0.1) is 0 Å². The minimum absolute atomic E-state index is 0.0592. The Hall–Kier alpha value is -2.06. The van der Waals surface area contributed by atoms with Crippen LogP contribution >= 0.6 is 0 Å². The Bertz CT molecular complexity index is 787. The maximum absolute atomic E-state index is 13.1. The first-order chi connectivity index (χ1) is 13.9. The largest absolute Gasteiger partial charge is 0.493 e. The second-order valence-corrected chi connectivity index (χ2v) is 13.9. The number of amides is 1. The average molecular weight is 438 g/mol. The zero-order chi connectivity index (χ0) is 22.7. The summed E-state index contributed by atoms with van der Waals surface area (Å²) in [6.07, 6.45) is 0.520. The van der Waals surface area contributed by atoms with Crippen LogP contribution in [0.2, 0.25) is 18.1 Å². The lowest BCUT2D eigenvalue weighted by molar-refractivity contribution is -0.148. The van der Waals surface area contributed by atoms with Gasteiger partial charge < -0.3 is 24.0 Å². The smallest absolute Gasteiger partial charge is 0.323 e. The van der Waals surface area contributed by atoms with Crippen LogP contribution in [0.25, 0.3) is 0 Å². The van der Waals surface area contributed by atoms with Gasteiger partial charge in [0.2, 0.25) is 5.91 Å². The number of carbonyl (C=O) groups excluding carboxylic acids is 2. The van der Waals surface area contributed by atoms with Gasteiger partial charge in [-0.1, -0.05) is 20.8 Å². The minimum Gasteiger partial charge on any atom is -0.493 e. The number of fused-ring (bicyclic) bond motifs is 1. The Morgan fingerprint density at radius 2 is 1.77 bits per heavy atom. The highest BCUT2D eigenvalue weighted by molar-refractivity contribution is 6.74. The van der Waals surface area contributed by atoms with Crippen molar-refractivity contribution in [1.82, 2.24) is 5.32 Å². The summed E-state index contributed by atoms with van der Waals surface area (Å²) in [5.74, 6) is -0.998. The van der Waals surface area contributed by atoms with Crippen LogP contribution in [0.4, 0.5) is 0 Å². The fourth-order valence-corrected chi connectivity index (χ4v) is 4.26. The van der Waals surface area contributed by atoms with E-state index in [0.717, 1.165) is 5.56 Å². The Labute approximate surface area is 180 Å². The van der Waals surface area contributed by atoms with Gasteiger partial charge in [-0.3, -0.25) is 9.59 Å². The molecule has 30 heavy (non-hydrogen) atoms. The summed E-state index contributed by atoms with van der Waals surface area (Å²) < 4.78 is 22.4. The predicted molar refractivity (Wildman–Crippen MR) is 118 cm³/mol. The lowest BCUT2D eigenvalue weighted by atomic mass is 9.92. The maximum atomic E-state index is 13.1. The van der Waals surface area contributed by atoms with E-state index < -0.39 is 20.2 Å². The van der Waals surface area contributed by atoms with Gasteiger partial charge in [-0.05, 0) is 54.7 Å². The Balaban J connectivity index is 2.42. The molecule has 0 saturated carbocycles. The van der Waals surface area contributed by atoms with E-state index in [0.29, 0.717) is 30.1 Å². The first-order valence-electron chi connectivity index (χ1n) is 10.3. The van der Waals surface area contributed by atoms with Crippen molar-refractivity contribution >= 4 is 20.2 Å². The van der Waals surface area contributed by atoms with Crippen LogP contribution in [0.3, 0.4) is 0 Å². The fourth-order valence-electron chi connectivity index (χ4n) is 3.21. The molecule has 1 amide bonds. The average Bonchev–Trinajstić information content (AvgIpc) is 2.79. The molecule has 8 heteroatoms. The molecule has 1 N–H and O–H groups in total. The van der Waals surface area contributed by atoms with Crippen molar-refractivity contribution in [2.24, 2.45) is 0 Å². The van der Waals surface area contributed by atoms with Gasteiger partial charge in [-0.25, -0.2) is 0 Å². The van der Waals surface area contributed by atoms with Crippen LogP contribution in [-0.2, 0) is 25.2 Å². The zero-order valence-corrected chi connectivity index (χ0v) is 20.4. The molecule has 0 bridgehead atoms. The molecule has 0 aromatic heterocycles. The Morgan fingerprint density at radius 3 is 2.30 bits per heavy atom. The SMILES string of the molecule is CCOC(=O)C1C(=O)N[C@H](CO[Si](C)(C)C(C)(C)C)Cc2cc(OC)c(OC)cc21. The molecule has 1 aromatic carbocycles. The normalized spacial score (nSPS) is 19.4. The van der Waals surface area contributed by atoms with E-state index in [1.807, 2.05) is 6.07 Å². The second kappa shape index (κ2) is 9.39. The van der Waals surface area contributed by atoms with E-state index in [9.17, 15) is 9.59 Å². The van der Waals surface area contributed by atoms with Gasteiger partial charge in [0.05, 0.1) is 33.5 Å². The van der Waals surface area contributed by atoms with Crippen LogP contribution in [0.5, 0.6) is 11.5 Å². The zero-order valence-electron chi connectivity index (χ0n) is 19.4. The lowest BCUT2D eigenvalue weighted by Gasteiger charge is -2.37. The summed E-state index contributed by atoms with van der Waals surface area (Å²) in [5, 5.41) is 3.05. The molecule has 0 spiro atoms. The standard InChI is InChI=1S/C22H35NO6Si/c1-9-28-21(25)19-16-12-18(27-6)17(26-5)11-14(16)10-15(23-20(19)24)13-29-30(7,8)22(2,3)4/h11-12,15,19H,9-10,13H2,1-8H3,(H,23,24)/t15-,19?/m0/s1. The molecule has 168 valence electrons. The van der Waals surface area contributed by atoms with Gasteiger partial charge in [0, 0.05) is 0 Å². The van der Waals surface area contributed by atoms with Crippen molar-refractivity contribution in [3.8, 4) is 11.5 Å². The summed E-state index contributed by atoms with van der Waals surface area (Å²) in [4.78, 5) is 25.7. The minimum atomic E-state index is -1.99. The molecular formula is C22H35NO6Si. The van der Waals surface area contributed by atoms with Crippen LogP contribution in [0.1, 0.15) is 44.7 Å². The van der Waals surface area contributed by atoms with E-state index >= 15 is 0 Å². The third-order valence-corrected chi connectivity index (χ3v) is 10.5. The molecule has 1 aromatic rings. The summed E-state index contributed by atoms with van der Waals surface area (Å²) in [6, 6.07) is 3.27. The van der Waals surface area contributed by atoms with E-state index in [-0.39, 0.29) is 23.6 Å². The first-order valence-corrected chi connectivity index (χ1v) is 13.2. The van der Waals surface area contributed by atoms with Gasteiger partial charge >= 0.3 is 5.97 Å². The summed E-state index contributed by atoms with van der Waals surface area (Å²) in [5.41, 5.74) is 1.42. The van der Waals surface area contributed by atoms with Crippen LogP contribution < -0.4 is 14.8 Å². The van der Waals surface area contributed by atoms with Crippen molar-refractivity contribution < 1.29 is 28.2 Å². The monoisotopic (exact) mass is 437 g/mol. The van der Waals surface area contributed by atoms with Crippen LogP contribution in [0, 0.1) is 0 Å². The van der Waals surface area contributed by atoms with E-state index in [1.54, 1.807) is 20.1 Å². The summed E-state index contributed by atoms with van der Waals surface area (Å²) >= 11 is 0. The Morgan fingerprint density at radius 1 is 1.17 bits per heavy atom. The van der Waals surface area contributed by atoms with Crippen molar-refractivity contribution in [3.05, 3.63) is 23.3 Å². The maximum Gasteiger partial charge on any atom is 0.323 e. The third-order valence-electron chi connectivity index (χ3n) is 6.01. The highest BCUT2D eigenvalue weighted by Crippen LogP contribution is 2.38. The fraction of sp³-hybridized carbons (Fsp3) is 0.636. The molecule has 0 radical (unpaired) electrons. The van der Waals surface area contributed by atoms with Gasteiger partial charge in [0.1, 0.15) is 0 Å². The van der Waals surface area contributed by atoms with Gasteiger partial charge in [0.15, 0.2) is 25.7 Å². The molecule has 1 unspecified atom stereocenters. The third kappa shape index (κ3) is 5.15. The second-order valence-electron chi connectivity index (χ2n) is 9.07. The number of nitrogens with one attached hydrogen (secondary N) is 1. The number of methoxy groups -OCH3 is 2. The van der Waals surface area contributed by atoms with Crippen molar-refractivity contribution in [3.63, 3.8) is 0 Å². The van der Waals surface area contributed by atoms with Gasteiger partial charge in [-0.2, -0.15) is 0 Å². The molecule has 2 atom stereocenters. The molecule has 1 aliphatic heterocycles. The highest BCUT2D eigenvalue weighted by Gasteiger charge is 2.40. The summed E-state index contributed by atoms with van der Waals surface area (Å²) in [6.45, 7) is 13.2. The highest BCUT2D eigenvalue weighted by atomic mass is 28.4. The number of hydrogen-bond acceptors (Lipinski definition) is 6. The number of esters is 1. The molecular weight excluding hydrogens is 402 g/mol. The molecule has 1 heterocycles. The van der Waals surface area contributed by atoms with Crippen molar-refractivity contribution in [2.45, 2.75) is 64.2 Å². The topological polar surface area (TPSA) is 83.1 Å². The lowest BCUT2D eigenvalue weighted by Crippen LogP contribution is -2.47. The van der Waals surface area contributed by atoms with Crippen LogP contribution in [-0.4, -0.2) is 53.7 Å². The van der Waals surface area contributed by atoms with E-state index in [4.69, 9.17) is 18.6 Å². The molecule has 2 rings (SSSR count). The molecule has 0 saturated heterocycles. The molecule has 0 aliphatic carbocycles. The number of benzene rings is 1. The Kier molecular flexibility index (Phi) is 7.57. The quantitative estimate of drug-likeness (QED) is 0.400. The number of rotatable bonds is 7. The van der Waals surface area contributed by atoms with Crippen molar-refractivity contribution in [2.75, 3.05) is 27.4 Å². The summed E-state index contributed by atoms with van der Waals surface area (Å²) in [7, 11) is 1.09. The number of hydrogen-bond donors (Lipinski definition) is 1. The molecule has 1 aliphatic rings.